The number of hydrogen-bond donors (Lipinski definition) is 1. The lowest BCUT2D eigenvalue weighted by atomic mass is 10.2. The van der Waals surface area contributed by atoms with Crippen molar-refractivity contribution in [3.8, 4) is 0 Å². The van der Waals surface area contributed by atoms with E-state index in [0.29, 0.717) is 12.2 Å². The van der Waals surface area contributed by atoms with E-state index in [1.54, 1.807) is 36.7 Å². The Kier molecular flexibility index (Phi) is 4.36. The van der Waals surface area contributed by atoms with Crippen LogP contribution in [0.2, 0.25) is 0 Å². The Hall–Kier alpha value is -1.92. The third-order valence-corrected chi connectivity index (χ3v) is 4.72. The molecule has 0 amide bonds. The highest BCUT2D eigenvalue weighted by molar-refractivity contribution is 7.89. The SMILES string of the molecule is CN(C)S(=O)(=O)c1ccccc1NCc1cccnc1. The maximum atomic E-state index is 12.2. The summed E-state index contributed by atoms with van der Waals surface area (Å²) in [6.07, 6.45) is 3.45. The summed E-state index contributed by atoms with van der Waals surface area (Å²) in [4.78, 5) is 4.30. The van der Waals surface area contributed by atoms with Gasteiger partial charge in [0.15, 0.2) is 0 Å². The zero-order chi connectivity index (χ0) is 14.6. The van der Waals surface area contributed by atoms with Gasteiger partial charge in [-0.15, -0.1) is 0 Å². The summed E-state index contributed by atoms with van der Waals surface area (Å²) in [5, 5.41) is 3.14. The molecule has 0 radical (unpaired) electrons. The van der Waals surface area contributed by atoms with E-state index in [-0.39, 0.29) is 4.90 Å². The lowest BCUT2D eigenvalue weighted by Crippen LogP contribution is -2.23. The number of sulfonamides is 1. The summed E-state index contributed by atoms with van der Waals surface area (Å²) in [7, 11) is -0.415. The van der Waals surface area contributed by atoms with Gasteiger partial charge in [0.1, 0.15) is 4.90 Å². The molecular weight excluding hydrogens is 274 g/mol. The van der Waals surface area contributed by atoms with Gasteiger partial charge < -0.3 is 5.32 Å². The van der Waals surface area contributed by atoms with Gasteiger partial charge in [-0.2, -0.15) is 0 Å². The Morgan fingerprint density at radius 2 is 1.90 bits per heavy atom. The van der Waals surface area contributed by atoms with E-state index < -0.39 is 10.0 Å². The fourth-order valence-electron chi connectivity index (χ4n) is 1.73. The molecule has 0 saturated carbocycles. The van der Waals surface area contributed by atoms with Gasteiger partial charge in [-0.25, -0.2) is 12.7 Å². The van der Waals surface area contributed by atoms with Crippen LogP contribution in [0.3, 0.4) is 0 Å². The predicted molar refractivity (Wildman–Crippen MR) is 78.9 cm³/mol. The molecule has 6 heteroatoms. The van der Waals surface area contributed by atoms with Crippen molar-refractivity contribution in [2.24, 2.45) is 0 Å². The fraction of sp³-hybridized carbons (Fsp3) is 0.214. The van der Waals surface area contributed by atoms with Crippen LogP contribution in [-0.2, 0) is 16.6 Å². The number of pyridine rings is 1. The topological polar surface area (TPSA) is 62.3 Å². The quantitative estimate of drug-likeness (QED) is 0.914. The third-order valence-electron chi connectivity index (χ3n) is 2.85. The first-order chi connectivity index (χ1) is 9.51. The number of para-hydroxylation sites is 1. The van der Waals surface area contributed by atoms with Crippen LogP contribution in [0, 0.1) is 0 Å². The van der Waals surface area contributed by atoms with Crippen molar-refractivity contribution >= 4 is 15.7 Å². The number of nitrogens with one attached hydrogen (secondary N) is 1. The first-order valence-electron chi connectivity index (χ1n) is 6.16. The zero-order valence-corrected chi connectivity index (χ0v) is 12.3. The van der Waals surface area contributed by atoms with Gasteiger partial charge in [0.05, 0.1) is 5.69 Å². The van der Waals surface area contributed by atoms with Crippen molar-refractivity contribution in [1.82, 2.24) is 9.29 Å². The molecule has 0 saturated heterocycles. The zero-order valence-electron chi connectivity index (χ0n) is 11.4. The first kappa shape index (κ1) is 14.5. The minimum absolute atomic E-state index is 0.272. The molecule has 1 aromatic heterocycles. The summed E-state index contributed by atoms with van der Waals surface area (Å²) in [6, 6.07) is 10.7. The van der Waals surface area contributed by atoms with E-state index in [4.69, 9.17) is 0 Å². The molecule has 0 bridgehead atoms. The van der Waals surface area contributed by atoms with Crippen molar-refractivity contribution in [3.63, 3.8) is 0 Å². The van der Waals surface area contributed by atoms with Crippen LogP contribution in [0.4, 0.5) is 5.69 Å². The van der Waals surface area contributed by atoms with Crippen molar-refractivity contribution < 1.29 is 8.42 Å². The van der Waals surface area contributed by atoms with Crippen LogP contribution >= 0.6 is 0 Å². The molecular formula is C14H17N3O2S. The number of hydrogen-bond acceptors (Lipinski definition) is 4. The Morgan fingerprint density at radius 3 is 2.55 bits per heavy atom. The highest BCUT2D eigenvalue weighted by Gasteiger charge is 2.20. The molecule has 0 atom stereocenters. The molecule has 0 fully saturated rings. The summed E-state index contributed by atoms with van der Waals surface area (Å²) < 4.78 is 25.7. The van der Waals surface area contributed by atoms with Crippen LogP contribution in [0.5, 0.6) is 0 Å². The normalized spacial score (nSPS) is 11.6. The summed E-state index contributed by atoms with van der Waals surface area (Å²) in [5.74, 6) is 0. The lowest BCUT2D eigenvalue weighted by Gasteiger charge is -2.16. The van der Waals surface area contributed by atoms with Crippen LogP contribution in [0.25, 0.3) is 0 Å². The maximum Gasteiger partial charge on any atom is 0.244 e. The van der Waals surface area contributed by atoms with Gasteiger partial charge in [0.25, 0.3) is 0 Å². The Balaban J connectivity index is 2.25. The summed E-state index contributed by atoms with van der Waals surface area (Å²) in [5.41, 5.74) is 1.58. The fourth-order valence-corrected chi connectivity index (χ4v) is 2.80. The Labute approximate surface area is 119 Å². The maximum absolute atomic E-state index is 12.2. The van der Waals surface area contributed by atoms with Crippen molar-refractivity contribution in [3.05, 3.63) is 54.4 Å². The number of anilines is 1. The molecule has 2 aromatic rings. The molecule has 20 heavy (non-hydrogen) atoms. The largest absolute Gasteiger partial charge is 0.380 e. The molecule has 0 aliphatic heterocycles. The third kappa shape index (κ3) is 3.15. The van der Waals surface area contributed by atoms with Gasteiger partial charge in [-0.3, -0.25) is 4.98 Å². The van der Waals surface area contributed by atoms with Gasteiger partial charge in [0.2, 0.25) is 10.0 Å². The standard InChI is InChI=1S/C14H17N3O2S/c1-17(2)20(18,19)14-8-4-3-7-13(14)16-11-12-6-5-9-15-10-12/h3-10,16H,11H2,1-2H3. The Morgan fingerprint density at radius 1 is 1.15 bits per heavy atom. The molecule has 5 nitrogen and oxygen atoms in total. The number of rotatable bonds is 5. The van der Waals surface area contributed by atoms with E-state index in [9.17, 15) is 8.42 Å². The lowest BCUT2D eigenvalue weighted by molar-refractivity contribution is 0.521. The van der Waals surface area contributed by atoms with Crippen molar-refractivity contribution in [1.29, 1.82) is 0 Å². The number of nitrogens with zero attached hydrogens (tertiary/aromatic N) is 2. The van der Waals surface area contributed by atoms with Gasteiger partial charge in [-0.05, 0) is 23.8 Å². The summed E-state index contributed by atoms with van der Waals surface area (Å²) >= 11 is 0. The van der Waals surface area contributed by atoms with Gasteiger partial charge in [-0.1, -0.05) is 18.2 Å². The molecule has 1 aromatic carbocycles. The van der Waals surface area contributed by atoms with E-state index in [1.807, 2.05) is 12.1 Å². The predicted octanol–water partition coefficient (Wildman–Crippen LogP) is 1.94. The number of benzene rings is 1. The minimum atomic E-state index is -3.46. The van der Waals surface area contributed by atoms with Gasteiger partial charge in [0, 0.05) is 33.0 Å². The highest BCUT2D eigenvalue weighted by Crippen LogP contribution is 2.23. The molecule has 0 aliphatic carbocycles. The van der Waals surface area contributed by atoms with Crippen molar-refractivity contribution in [2.45, 2.75) is 11.4 Å². The highest BCUT2D eigenvalue weighted by atomic mass is 32.2. The average molecular weight is 291 g/mol. The minimum Gasteiger partial charge on any atom is -0.380 e. The molecule has 1 heterocycles. The molecule has 0 aliphatic rings. The molecule has 0 spiro atoms. The molecule has 1 N–H and O–H groups in total. The van der Waals surface area contributed by atoms with E-state index >= 15 is 0 Å². The Bertz CT molecular complexity index is 670. The van der Waals surface area contributed by atoms with E-state index in [0.717, 1.165) is 5.56 Å². The van der Waals surface area contributed by atoms with Crippen LogP contribution in [0.15, 0.2) is 53.7 Å². The molecule has 2 rings (SSSR count). The smallest absolute Gasteiger partial charge is 0.244 e. The second-order valence-corrected chi connectivity index (χ2v) is 6.62. The van der Waals surface area contributed by atoms with Crippen LogP contribution < -0.4 is 5.32 Å². The molecule has 106 valence electrons. The second-order valence-electron chi connectivity index (χ2n) is 4.50. The average Bonchev–Trinajstić information content (AvgIpc) is 2.46. The monoisotopic (exact) mass is 291 g/mol. The first-order valence-corrected chi connectivity index (χ1v) is 7.60. The van der Waals surface area contributed by atoms with Crippen molar-refractivity contribution in [2.75, 3.05) is 19.4 Å². The molecule has 0 unspecified atom stereocenters. The van der Waals surface area contributed by atoms with Crippen LogP contribution in [0.1, 0.15) is 5.56 Å². The number of aromatic nitrogens is 1. The van der Waals surface area contributed by atoms with Crippen LogP contribution in [-0.4, -0.2) is 31.8 Å². The van der Waals surface area contributed by atoms with Gasteiger partial charge >= 0.3 is 0 Å². The van der Waals surface area contributed by atoms with E-state index in [2.05, 4.69) is 10.3 Å². The van der Waals surface area contributed by atoms with E-state index in [1.165, 1.54) is 18.4 Å². The second kappa shape index (κ2) is 6.02. The summed E-state index contributed by atoms with van der Waals surface area (Å²) in [6.45, 7) is 0.522.